The number of amides is 1. The van der Waals surface area contributed by atoms with E-state index in [4.69, 9.17) is 23.2 Å². The number of benzene rings is 2. The number of fused-ring (bicyclic) bond motifs is 1. The second kappa shape index (κ2) is 9.26. The predicted octanol–water partition coefficient (Wildman–Crippen LogP) is 4.36. The Hall–Kier alpha value is -1.93. The van der Waals surface area contributed by atoms with Crippen LogP contribution in [-0.2, 0) is 0 Å². The van der Waals surface area contributed by atoms with Crippen molar-refractivity contribution in [3.05, 3.63) is 63.4 Å². The molecule has 0 spiro atoms. The number of rotatable bonds is 4. The van der Waals surface area contributed by atoms with Gasteiger partial charge in [-0.05, 0) is 48.6 Å². The Morgan fingerprint density at radius 1 is 1.12 bits per heavy atom. The van der Waals surface area contributed by atoms with Crippen LogP contribution in [0, 0.1) is 5.82 Å². The van der Waals surface area contributed by atoms with Gasteiger partial charge >= 0.3 is 0 Å². The lowest BCUT2D eigenvalue weighted by molar-refractivity contribution is 0.0329. The highest BCUT2D eigenvalue weighted by Crippen LogP contribution is 2.38. The molecule has 182 valence electrons. The second-order valence-corrected chi connectivity index (χ2v) is 10.4. The minimum absolute atomic E-state index is 0.0576. The number of alkyl halides is 1. The van der Waals surface area contributed by atoms with Crippen molar-refractivity contribution in [3.63, 3.8) is 0 Å². The summed E-state index contributed by atoms with van der Waals surface area (Å²) >= 11 is 12.6. The lowest BCUT2D eigenvalue weighted by atomic mass is 9.86. The second-order valence-electron chi connectivity index (χ2n) is 9.65. The van der Waals surface area contributed by atoms with Crippen LogP contribution in [0.1, 0.15) is 34.7 Å². The fraction of sp³-hybridized carbons (Fsp3) is 0.480. The molecule has 2 aromatic rings. The zero-order valence-electron chi connectivity index (χ0n) is 18.7. The number of hydrogen-bond acceptors (Lipinski definition) is 4. The third-order valence-corrected chi connectivity index (χ3v) is 8.08. The van der Waals surface area contributed by atoms with Crippen LogP contribution in [0.15, 0.2) is 36.4 Å². The van der Waals surface area contributed by atoms with Gasteiger partial charge in [0.05, 0.1) is 41.0 Å². The predicted molar refractivity (Wildman–Crippen MR) is 129 cm³/mol. The first-order chi connectivity index (χ1) is 16.3. The van der Waals surface area contributed by atoms with Gasteiger partial charge in [0.15, 0.2) is 5.67 Å². The van der Waals surface area contributed by atoms with Crippen LogP contribution in [0.5, 0.6) is 0 Å². The third-order valence-electron chi connectivity index (χ3n) is 7.39. The lowest BCUT2D eigenvalue weighted by Gasteiger charge is -2.47. The highest BCUT2D eigenvalue weighted by molar-refractivity contribution is 6.36. The Labute approximate surface area is 207 Å². The fourth-order valence-electron chi connectivity index (χ4n) is 5.41. The third kappa shape index (κ3) is 4.39. The van der Waals surface area contributed by atoms with Crippen molar-refractivity contribution in [3.8, 4) is 0 Å². The molecule has 2 atom stereocenters. The number of hydrogen-bond donors (Lipinski definition) is 1. The first kappa shape index (κ1) is 23.8. The van der Waals surface area contributed by atoms with E-state index in [2.05, 4.69) is 4.90 Å². The molecule has 0 radical (unpaired) electrons. The molecule has 9 heteroatoms. The van der Waals surface area contributed by atoms with Crippen molar-refractivity contribution < 1.29 is 18.7 Å². The average Bonchev–Trinajstić information content (AvgIpc) is 2.83. The summed E-state index contributed by atoms with van der Waals surface area (Å²) in [6.45, 7) is 2.42. The van der Waals surface area contributed by atoms with Crippen LogP contribution >= 0.6 is 23.2 Å². The van der Waals surface area contributed by atoms with Gasteiger partial charge in [-0.25, -0.2) is 8.78 Å². The number of aliphatic hydroxyl groups is 1. The first-order valence-corrected chi connectivity index (χ1v) is 12.3. The van der Waals surface area contributed by atoms with Crippen molar-refractivity contribution in [2.75, 3.05) is 50.8 Å². The van der Waals surface area contributed by atoms with Crippen LogP contribution in [0.3, 0.4) is 0 Å². The Morgan fingerprint density at radius 3 is 2.65 bits per heavy atom. The van der Waals surface area contributed by atoms with Crippen molar-refractivity contribution >= 4 is 34.8 Å². The molecule has 1 N–H and O–H groups in total. The lowest BCUT2D eigenvalue weighted by Crippen LogP contribution is -2.61. The summed E-state index contributed by atoms with van der Waals surface area (Å²) in [6, 6.07) is 10.5. The minimum Gasteiger partial charge on any atom is -0.393 e. The molecule has 5 nitrogen and oxygen atoms in total. The van der Waals surface area contributed by atoms with Crippen molar-refractivity contribution in [2.24, 2.45) is 0 Å². The number of carbonyl (C=O) groups is 1. The Kier molecular flexibility index (Phi) is 6.48. The molecule has 0 bridgehead atoms. The fourth-order valence-corrected chi connectivity index (χ4v) is 5.92. The number of piperidine rings is 1. The minimum atomic E-state index is -1.61. The number of piperazine rings is 1. The van der Waals surface area contributed by atoms with Gasteiger partial charge in [-0.15, -0.1) is 0 Å². The van der Waals surface area contributed by atoms with Crippen molar-refractivity contribution in [1.29, 1.82) is 0 Å². The maximum atomic E-state index is 14.1. The molecular formula is C25H27Cl2F2N3O2. The molecule has 0 saturated carbocycles. The van der Waals surface area contributed by atoms with Gasteiger partial charge in [0.1, 0.15) is 5.82 Å². The quantitative estimate of drug-likeness (QED) is 0.665. The van der Waals surface area contributed by atoms with E-state index in [0.29, 0.717) is 35.3 Å². The SMILES string of the molecule is O=C(c1cccc(N2CC(F)(CO)C2)c1Cl)N1CCN2C[C@@H](c3ccc(F)c(Cl)c3)CC[C@@H]2C1. The monoisotopic (exact) mass is 509 g/mol. The van der Waals surface area contributed by atoms with Gasteiger partial charge in [0.2, 0.25) is 0 Å². The van der Waals surface area contributed by atoms with E-state index in [0.717, 1.165) is 31.5 Å². The summed E-state index contributed by atoms with van der Waals surface area (Å²) in [6.07, 6.45) is 1.89. The molecule has 2 aromatic carbocycles. The summed E-state index contributed by atoms with van der Waals surface area (Å²) in [5.74, 6) is -0.227. The van der Waals surface area contributed by atoms with Crippen LogP contribution in [0.2, 0.25) is 10.0 Å². The number of nitrogens with zero attached hydrogens (tertiary/aromatic N) is 3. The zero-order valence-corrected chi connectivity index (χ0v) is 20.2. The van der Waals surface area contributed by atoms with Crippen LogP contribution < -0.4 is 4.90 Å². The maximum Gasteiger partial charge on any atom is 0.255 e. The molecule has 5 rings (SSSR count). The molecule has 1 amide bonds. The Bertz CT molecular complexity index is 1100. The molecule has 34 heavy (non-hydrogen) atoms. The van der Waals surface area contributed by atoms with Gasteiger partial charge < -0.3 is 14.9 Å². The highest BCUT2D eigenvalue weighted by atomic mass is 35.5. The topological polar surface area (TPSA) is 47.0 Å². The van der Waals surface area contributed by atoms with E-state index in [1.165, 1.54) is 6.07 Å². The standard InChI is InChI=1S/C25H27Cl2F2N3O2/c26-20-10-16(5-7-21(20)28)17-4-6-18-12-31(9-8-30(18)11-17)24(34)19-2-1-3-22(23(19)27)32-13-25(29,14-32)15-33/h1-3,5,7,10,17-18,33H,4,6,8-9,11-15H2/t17-,18+/m0/s1. The van der Waals surface area contributed by atoms with E-state index in [-0.39, 0.29) is 30.1 Å². The molecule has 3 heterocycles. The molecule has 0 unspecified atom stereocenters. The molecular weight excluding hydrogens is 483 g/mol. The number of carbonyl (C=O) groups excluding carboxylic acids is 1. The van der Waals surface area contributed by atoms with Gasteiger partial charge in [0, 0.05) is 32.2 Å². The van der Waals surface area contributed by atoms with E-state index in [9.17, 15) is 18.7 Å². The molecule has 3 aliphatic rings. The number of aliphatic hydroxyl groups excluding tert-OH is 1. The van der Waals surface area contributed by atoms with Gasteiger partial charge in [-0.3, -0.25) is 9.69 Å². The van der Waals surface area contributed by atoms with Crippen molar-refractivity contribution in [2.45, 2.75) is 30.5 Å². The normalized spacial score (nSPS) is 24.5. The molecule has 3 aliphatic heterocycles. The number of halogens is 4. The van der Waals surface area contributed by atoms with Crippen LogP contribution in [-0.4, -0.2) is 78.4 Å². The average molecular weight is 510 g/mol. The first-order valence-electron chi connectivity index (χ1n) is 11.6. The summed E-state index contributed by atoms with van der Waals surface area (Å²) < 4.78 is 27.7. The Morgan fingerprint density at radius 2 is 1.91 bits per heavy atom. The zero-order chi connectivity index (χ0) is 24.0. The largest absolute Gasteiger partial charge is 0.393 e. The number of anilines is 1. The van der Waals surface area contributed by atoms with E-state index < -0.39 is 18.1 Å². The van der Waals surface area contributed by atoms with E-state index >= 15 is 0 Å². The van der Waals surface area contributed by atoms with Gasteiger partial charge in [0.25, 0.3) is 5.91 Å². The van der Waals surface area contributed by atoms with Gasteiger partial charge in [-0.1, -0.05) is 35.3 Å². The molecule has 3 fully saturated rings. The summed E-state index contributed by atoms with van der Waals surface area (Å²) in [5.41, 5.74) is 0.475. The smallest absolute Gasteiger partial charge is 0.255 e. The maximum absolute atomic E-state index is 14.1. The summed E-state index contributed by atoms with van der Waals surface area (Å²) in [4.78, 5) is 19.4. The summed E-state index contributed by atoms with van der Waals surface area (Å²) in [7, 11) is 0. The van der Waals surface area contributed by atoms with Gasteiger partial charge in [-0.2, -0.15) is 0 Å². The highest BCUT2D eigenvalue weighted by Gasteiger charge is 2.44. The molecule has 3 saturated heterocycles. The van der Waals surface area contributed by atoms with E-state index in [1.807, 2.05) is 11.0 Å². The van der Waals surface area contributed by atoms with E-state index in [1.54, 1.807) is 29.2 Å². The van der Waals surface area contributed by atoms with Crippen LogP contribution in [0.4, 0.5) is 14.5 Å². The summed E-state index contributed by atoms with van der Waals surface area (Å²) in [5, 5.41) is 9.65. The van der Waals surface area contributed by atoms with Crippen molar-refractivity contribution in [1.82, 2.24) is 9.80 Å². The Balaban J connectivity index is 1.24. The molecule has 0 aromatic heterocycles. The van der Waals surface area contributed by atoms with Crippen LogP contribution in [0.25, 0.3) is 0 Å². The molecule has 0 aliphatic carbocycles.